The van der Waals surface area contributed by atoms with Crippen molar-refractivity contribution in [3.05, 3.63) is 54.6 Å². The molecule has 0 fully saturated rings. The Balaban J connectivity index is 2.23. The lowest BCUT2D eigenvalue weighted by atomic mass is 10.0. The molecule has 0 aliphatic carbocycles. The number of benzene rings is 2. The van der Waals surface area contributed by atoms with Gasteiger partial charge in [-0.25, -0.2) is 4.79 Å². The number of anilines is 1. The summed E-state index contributed by atoms with van der Waals surface area (Å²) < 4.78 is 5.02. The van der Waals surface area contributed by atoms with Gasteiger partial charge >= 0.3 is 5.97 Å². The fourth-order valence-corrected chi connectivity index (χ4v) is 2.04. The van der Waals surface area contributed by atoms with E-state index < -0.39 is 0 Å². The van der Waals surface area contributed by atoms with Crippen molar-refractivity contribution in [2.75, 3.05) is 11.9 Å². The van der Waals surface area contributed by atoms with Crippen LogP contribution in [0.3, 0.4) is 0 Å². The molecule has 20 heavy (non-hydrogen) atoms. The maximum atomic E-state index is 11.7. The van der Waals surface area contributed by atoms with Crippen LogP contribution >= 0.6 is 0 Å². The molecule has 0 spiro atoms. The highest BCUT2D eigenvalue weighted by molar-refractivity contribution is 5.83. The average Bonchev–Trinajstić information content (AvgIpc) is 2.49. The summed E-state index contributed by atoms with van der Waals surface area (Å²) >= 11 is 0. The Morgan fingerprint density at radius 2 is 1.75 bits per heavy atom. The second kappa shape index (κ2) is 6.75. The van der Waals surface area contributed by atoms with Gasteiger partial charge in [0.05, 0.1) is 6.61 Å². The number of carbonyl (C=O) groups excluding carboxylic acids is 1. The molecule has 0 aliphatic rings. The van der Waals surface area contributed by atoms with E-state index >= 15 is 0 Å². The molecule has 0 aliphatic heterocycles. The van der Waals surface area contributed by atoms with E-state index in [4.69, 9.17) is 4.74 Å². The summed E-state index contributed by atoms with van der Waals surface area (Å²) in [5.74, 6) is -0.240. The Bertz CT molecular complexity index is 566. The third-order valence-corrected chi connectivity index (χ3v) is 3.02. The minimum absolute atomic E-state index is 0.240. The van der Waals surface area contributed by atoms with Crippen molar-refractivity contribution in [2.45, 2.75) is 19.9 Å². The Morgan fingerprint density at radius 1 is 1.10 bits per heavy atom. The molecular weight excluding hydrogens is 250 g/mol. The third-order valence-electron chi connectivity index (χ3n) is 3.02. The predicted octanol–water partition coefficient (Wildman–Crippen LogP) is 3.72. The number of hydrogen-bond donors (Lipinski definition) is 1. The van der Waals surface area contributed by atoms with Crippen molar-refractivity contribution in [3.8, 4) is 11.1 Å². The van der Waals surface area contributed by atoms with Gasteiger partial charge in [-0.2, -0.15) is 0 Å². The summed E-state index contributed by atoms with van der Waals surface area (Å²) in [5, 5.41) is 3.22. The summed E-state index contributed by atoms with van der Waals surface area (Å²) in [4.78, 5) is 11.7. The molecule has 3 nitrogen and oxygen atoms in total. The fourth-order valence-electron chi connectivity index (χ4n) is 2.04. The molecule has 0 saturated heterocycles. The monoisotopic (exact) mass is 269 g/mol. The number of ether oxygens (including phenoxy) is 1. The molecular formula is C17H19NO2. The number of nitrogens with one attached hydrogen (secondary N) is 1. The van der Waals surface area contributed by atoms with E-state index in [1.165, 1.54) is 0 Å². The lowest BCUT2D eigenvalue weighted by molar-refractivity contribution is -0.143. The SMILES string of the molecule is CCOC(=O)C(C)Nc1ccccc1-c1ccccc1. The zero-order valence-electron chi connectivity index (χ0n) is 11.8. The standard InChI is InChI=1S/C17H19NO2/c1-3-20-17(19)13(2)18-16-12-8-7-11-15(16)14-9-5-4-6-10-14/h4-13,18H,3H2,1-2H3. The highest BCUT2D eigenvalue weighted by Gasteiger charge is 2.15. The van der Waals surface area contributed by atoms with Crippen LogP contribution in [0.2, 0.25) is 0 Å². The lowest BCUT2D eigenvalue weighted by Crippen LogP contribution is -2.28. The highest BCUT2D eigenvalue weighted by Crippen LogP contribution is 2.28. The van der Waals surface area contributed by atoms with Crippen LogP contribution < -0.4 is 5.32 Å². The summed E-state index contributed by atoms with van der Waals surface area (Å²) in [6.45, 7) is 4.01. The first-order valence-corrected chi connectivity index (χ1v) is 6.80. The molecule has 0 aromatic heterocycles. The molecule has 1 atom stereocenters. The smallest absolute Gasteiger partial charge is 0.328 e. The van der Waals surface area contributed by atoms with E-state index in [9.17, 15) is 4.79 Å². The van der Waals surface area contributed by atoms with Gasteiger partial charge in [0.15, 0.2) is 0 Å². The number of para-hydroxylation sites is 1. The van der Waals surface area contributed by atoms with Crippen molar-refractivity contribution in [1.82, 2.24) is 0 Å². The van der Waals surface area contributed by atoms with Gasteiger partial charge in [-0.05, 0) is 25.5 Å². The maximum Gasteiger partial charge on any atom is 0.328 e. The summed E-state index contributed by atoms with van der Waals surface area (Å²) in [5.41, 5.74) is 3.12. The van der Waals surface area contributed by atoms with Gasteiger partial charge < -0.3 is 10.1 Å². The molecule has 3 heteroatoms. The second-order valence-electron chi connectivity index (χ2n) is 4.53. The van der Waals surface area contributed by atoms with Crippen LogP contribution in [0.15, 0.2) is 54.6 Å². The van der Waals surface area contributed by atoms with Crippen LogP contribution in [0.4, 0.5) is 5.69 Å². The van der Waals surface area contributed by atoms with Crippen LogP contribution in [0, 0.1) is 0 Å². The van der Waals surface area contributed by atoms with Gasteiger partial charge in [0.1, 0.15) is 6.04 Å². The van der Waals surface area contributed by atoms with Gasteiger partial charge in [0.2, 0.25) is 0 Å². The first kappa shape index (κ1) is 14.1. The Hall–Kier alpha value is -2.29. The molecule has 104 valence electrons. The van der Waals surface area contributed by atoms with Crippen molar-refractivity contribution in [1.29, 1.82) is 0 Å². The molecule has 0 radical (unpaired) electrons. The lowest BCUT2D eigenvalue weighted by Gasteiger charge is -2.17. The van der Waals surface area contributed by atoms with Gasteiger partial charge in [0, 0.05) is 11.3 Å². The van der Waals surface area contributed by atoms with E-state index in [0.717, 1.165) is 16.8 Å². The van der Waals surface area contributed by atoms with Crippen molar-refractivity contribution >= 4 is 11.7 Å². The molecule has 2 rings (SSSR count). The van der Waals surface area contributed by atoms with E-state index in [1.54, 1.807) is 6.92 Å². The third kappa shape index (κ3) is 3.38. The van der Waals surface area contributed by atoms with E-state index in [0.29, 0.717) is 6.61 Å². The number of esters is 1. The molecule has 0 saturated carbocycles. The molecule has 1 N–H and O–H groups in total. The number of hydrogen-bond acceptors (Lipinski definition) is 3. The van der Waals surface area contributed by atoms with Gasteiger partial charge in [-0.15, -0.1) is 0 Å². The number of rotatable bonds is 5. The first-order valence-electron chi connectivity index (χ1n) is 6.80. The predicted molar refractivity (Wildman–Crippen MR) is 81.6 cm³/mol. The molecule has 0 bridgehead atoms. The fraction of sp³-hybridized carbons (Fsp3) is 0.235. The highest BCUT2D eigenvalue weighted by atomic mass is 16.5. The Labute approximate surface area is 119 Å². The van der Waals surface area contributed by atoms with Gasteiger partial charge in [0.25, 0.3) is 0 Å². The van der Waals surface area contributed by atoms with Crippen LogP contribution in [-0.2, 0) is 9.53 Å². The van der Waals surface area contributed by atoms with Gasteiger partial charge in [-0.1, -0.05) is 48.5 Å². The summed E-state index contributed by atoms with van der Waals surface area (Å²) in [6, 6.07) is 17.7. The molecule has 0 heterocycles. The maximum absolute atomic E-state index is 11.7. The second-order valence-corrected chi connectivity index (χ2v) is 4.53. The van der Waals surface area contributed by atoms with Crippen molar-refractivity contribution < 1.29 is 9.53 Å². The van der Waals surface area contributed by atoms with Crippen LogP contribution in [-0.4, -0.2) is 18.6 Å². The quantitative estimate of drug-likeness (QED) is 0.841. The first-order chi connectivity index (χ1) is 9.72. The van der Waals surface area contributed by atoms with Crippen molar-refractivity contribution in [3.63, 3.8) is 0 Å². The average molecular weight is 269 g/mol. The Morgan fingerprint density at radius 3 is 2.45 bits per heavy atom. The van der Waals surface area contributed by atoms with Crippen molar-refractivity contribution in [2.24, 2.45) is 0 Å². The van der Waals surface area contributed by atoms with Crippen LogP contribution in [0.1, 0.15) is 13.8 Å². The Kier molecular flexibility index (Phi) is 4.77. The van der Waals surface area contributed by atoms with E-state index in [2.05, 4.69) is 17.4 Å². The molecule has 1 unspecified atom stereocenters. The molecule has 2 aromatic rings. The van der Waals surface area contributed by atoms with Crippen LogP contribution in [0.5, 0.6) is 0 Å². The minimum Gasteiger partial charge on any atom is -0.464 e. The minimum atomic E-state index is -0.375. The molecule has 2 aromatic carbocycles. The van der Waals surface area contributed by atoms with E-state index in [-0.39, 0.29) is 12.0 Å². The summed E-state index contributed by atoms with van der Waals surface area (Å²) in [6.07, 6.45) is 0. The zero-order chi connectivity index (χ0) is 14.4. The van der Waals surface area contributed by atoms with E-state index in [1.807, 2.05) is 49.4 Å². The van der Waals surface area contributed by atoms with Gasteiger partial charge in [-0.3, -0.25) is 0 Å². The number of carbonyl (C=O) groups is 1. The summed E-state index contributed by atoms with van der Waals surface area (Å²) in [7, 11) is 0. The molecule has 0 amide bonds. The topological polar surface area (TPSA) is 38.3 Å². The van der Waals surface area contributed by atoms with Crippen LogP contribution in [0.25, 0.3) is 11.1 Å². The largest absolute Gasteiger partial charge is 0.464 e. The zero-order valence-corrected chi connectivity index (χ0v) is 11.8. The normalized spacial score (nSPS) is 11.7.